The van der Waals surface area contributed by atoms with Gasteiger partial charge >= 0.3 is 0 Å². The lowest BCUT2D eigenvalue weighted by molar-refractivity contribution is 0.102. The van der Waals surface area contributed by atoms with Crippen LogP contribution in [0.3, 0.4) is 0 Å². The summed E-state index contributed by atoms with van der Waals surface area (Å²) in [6.07, 6.45) is 1.29. The van der Waals surface area contributed by atoms with Crippen molar-refractivity contribution >= 4 is 28.9 Å². The topological polar surface area (TPSA) is 116 Å². The molecule has 0 saturated carbocycles. The second-order valence-electron chi connectivity index (χ2n) is 4.03. The molecule has 1 aromatic carbocycles. The van der Waals surface area contributed by atoms with Gasteiger partial charge in [-0.15, -0.1) is 0 Å². The highest BCUT2D eigenvalue weighted by Crippen LogP contribution is 2.19. The fourth-order valence-corrected chi connectivity index (χ4v) is 1.81. The summed E-state index contributed by atoms with van der Waals surface area (Å²) in [5.41, 5.74) is 6.83. The van der Waals surface area contributed by atoms with Gasteiger partial charge in [0.05, 0.1) is 28.6 Å². The molecule has 0 aliphatic heterocycles. The van der Waals surface area contributed by atoms with Gasteiger partial charge in [0.15, 0.2) is 0 Å². The average Bonchev–Trinajstić information content (AvgIpc) is 2.49. The Morgan fingerprint density at radius 1 is 1.24 bits per heavy atom. The maximum Gasteiger partial charge on any atom is 0.257 e. The molecule has 0 aliphatic rings. The minimum absolute atomic E-state index is 0.145. The van der Waals surface area contributed by atoms with Gasteiger partial charge in [-0.2, -0.15) is 10.5 Å². The molecule has 0 unspecified atom stereocenters. The first-order valence-electron chi connectivity index (χ1n) is 5.71. The smallest absolute Gasteiger partial charge is 0.257 e. The SMILES string of the molecule is N#Cc1ccc(NC(=O)c2cc(Cl)ncc2N)cc1C#N. The van der Waals surface area contributed by atoms with Gasteiger partial charge in [0, 0.05) is 5.69 Å². The van der Waals surface area contributed by atoms with E-state index in [1.807, 2.05) is 12.1 Å². The van der Waals surface area contributed by atoms with E-state index in [0.29, 0.717) is 5.69 Å². The molecule has 0 spiro atoms. The molecule has 0 saturated heterocycles. The second kappa shape index (κ2) is 5.91. The van der Waals surface area contributed by atoms with Crippen molar-refractivity contribution in [2.24, 2.45) is 0 Å². The highest BCUT2D eigenvalue weighted by atomic mass is 35.5. The molecule has 2 aromatic rings. The number of hydrogen-bond acceptors (Lipinski definition) is 5. The predicted molar refractivity (Wildman–Crippen MR) is 77.5 cm³/mol. The quantitative estimate of drug-likeness (QED) is 0.825. The number of rotatable bonds is 2. The Hall–Kier alpha value is -3.09. The van der Waals surface area contributed by atoms with E-state index >= 15 is 0 Å². The summed E-state index contributed by atoms with van der Waals surface area (Å²) in [6, 6.07) is 9.53. The number of pyridine rings is 1. The lowest BCUT2D eigenvalue weighted by Crippen LogP contribution is -2.14. The Bertz CT molecular complexity index is 804. The lowest BCUT2D eigenvalue weighted by atomic mass is 10.1. The number of nitriles is 2. The van der Waals surface area contributed by atoms with Crippen LogP contribution in [-0.2, 0) is 0 Å². The molecule has 1 aromatic heterocycles. The van der Waals surface area contributed by atoms with Crippen LogP contribution >= 0.6 is 11.6 Å². The molecule has 1 amide bonds. The number of anilines is 2. The Morgan fingerprint density at radius 3 is 2.62 bits per heavy atom. The third-order valence-electron chi connectivity index (χ3n) is 2.66. The van der Waals surface area contributed by atoms with Crippen LogP contribution in [0.1, 0.15) is 21.5 Å². The second-order valence-corrected chi connectivity index (χ2v) is 4.42. The maximum absolute atomic E-state index is 12.1. The van der Waals surface area contributed by atoms with E-state index in [4.69, 9.17) is 27.9 Å². The van der Waals surface area contributed by atoms with Crippen molar-refractivity contribution < 1.29 is 4.79 Å². The van der Waals surface area contributed by atoms with Crippen LogP contribution in [0.2, 0.25) is 5.15 Å². The van der Waals surface area contributed by atoms with E-state index in [2.05, 4.69) is 10.3 Å². The van der Waals surface area contributed by atoms with Crippen molar-refractivity contribution in [1.82, 2.24) is 4.98 Å². The molecule has 3 N–H and O–H groups in total. The van der Waals surface area contributed by atoms with Crippen molar-refractivity contribution in [3.63, 3.8) is 0 Å². The first kappa shape index (κ1) is 14.3. The fourth-order valence-electron chi connectivity index (χ4n) is 1.65. The van der Waals surface area contributed by atoms with E-state index in [-0.39, 0.29) is 27.5 Å². The summed E-state index contributed by atoms with van der Waals surface area (Å²) in [7, 11) is 0. The number of nitrogens with one attached hydrogen (secondary N) is 1. The maximum atomic E-state index is 12.1. The number of aromatic nitrogens is 1. The summed E-state index contributed by atoms with van der Waals surface area (Å²) in [4.78, 5) is 15.9. The normalized spacial score (nSPS) is 9.48. The summed E-state index contributed by atoms with van der Waals surface area (Å²) < 4.78 is 0. The summed E-state index contributed by atoms with van der Waals surface area (Å²) in [5, 5.41) is 20.5. The summed E-state index contributed by atoms with van der Waals surface area (Å²) in [6.45, 7) is 0. The van der Waals surface area contributed by atoms with Gasteiger partial charge in [-0.05, 0) is 24.3 Å². The zero-order valence-electron chi connectivity index (χ0n) is 10.6. The van der Waals surface area contributed by atoms with E-state index in [9.17, 15) is 4.79 Å². The lowest BCUT2D eigenvalue weighted by Gasteiger charge is -2.08. The number of nitrogens with zero attached hydrogens (tertiary/aromatic N) is 3. The van der Waals surface area contributed by atoms with Crippen molar-refractivity contribution in [2.75, 3.05) is 11.1 Å². The van der Waals surface area contributed by atoms with Gasteiger partial charge in [0.25, 0.3) is 5.91 Å². The summed E-state index contributed by atoms with van der Waals surface area (Å²) >= 11 is 5.73. The molecule has 1 heterocycles. The Balaban J connectivity index is 2.30. The van der Waals surface area contributed by atoms with Gasteiger partial charge in [-0.3, -0.25) is 4.79 Å². The Labute approximate surface area is 125 Å². The average molecular weight is 298 g/mol. The predicted octanol–water partition coefficient (Wildman–Crippen LogP) is 2.31. The highest BCUT2D eigenvalue weighted by molar-refractivity contribution is 6.30. The number of nitrogen functional groups attached to an aromatic ring is 1. The molecular formula is C14H8ClN5O. The van der Waals surface area contributed by atoms with Crippen LogP contribution in [0.5, 0.6) is 0 Å². The first-order chi connectivity index (χ1) is 10.0. The van der Waals surface area contributed by atoms with Crippen LogP contribution in [-0.4, -0.2) is 10.9 Å². The van der Waals surface area contributed by atoms with Crippen LogP contribution in [0.25, 0.3) is 0 Å². The largest absolute Gasteiger partial charge is 0.397 e. The molecule has 0 radical (unpaired) electrons. The minimum atomic E-state index is -0.481. The van der Waals surface area contributed by atoms with Gasteiger partial charge in [-0.1, -0.05) is 11.6 Å². The zero-order chi connectivity index (χ0) is 15.4. The zero-order valence-corrected chi connectivity index (χ0v) is 11.3. The van der Waals surface area contributed by atoms with Gasteiger partial charge in [0.2, 0.25) is 0 Å². The number of hydrogen-bond donors (Lipinski definition) is 2. The van der Waals surface area contributed by atoms with E-state index in [0.717, 1.165) is 0 Å². The van der Waals surface area contributed by atoms with Crippen molar-refractivity contribution in [2.45, 2.75) is 0 Å². The van der Waals surface area contributed by atoms with Gasteiger partial charge < -0.3 is 11.1 Å². The van der Waals surface area contributed by atoms with Crippen LogP contribution in [0, 0.1) is 22.7 Å². The van der Waals surface area contributed by atoms with Crippen LogP contribution < -0.4 is 11.1 Å². The molecule has 102 valence electrons. The minimum Gasteiger partial charge on any atom is -0.397 e. The van der Waals surface area contributed by atoms with Crippen LogP contribution in [0.15, 0.2) is 30.5 Å². The van der Waals surface area contributed by atoms with Crippen molar-refractivity contribution in [3.05, 3.63) is 52.3 Å². The van der Waals surface area contributed by atoms with E-state index in [1.54, 1.807) is 0 Å². The Kier molecular flexibility index (Phi) is 4.03. The first-order valence-corrected chi connectivity index (χ1v) is 6.09. The molecule has 6 nitrogen and oxygen atoms in total. The Morgan fingerprint density at radius 2 is 1.95 bits per heavy atom. The molecule has 2 rings (SSSR count). The van der Waals surface area contributed by atoms with E-state index in [1.165, 1.54) is 30.5 Å². The molecule has 0 bridgehead atoms. The molecule has 0 aliphatic carbocycles. The van der Waals surface area contributed by atoms with E-state index < -0.39 is 5.91 Å². The monoisotopic (exact) mass is 297 g/mol. The standard InChI is InChI=1S/C14H8ClN5O/c15-13-4-11(12(18)7-19-13)14(21)20-10-2-1-8(5-16)9(3-10)6-17/h1-4,7H,18H2,(H,20,21). The molecule has 7 heteroatoms. The van der Waals surface area contributed by atoms with Gasteiger partial charge in [-0.25, -0.2) is 4.98 Å². The summed E-state index contributed by atoms with van der Waals surface area (Å²) in [5.74, 6) is -0.481. The molecule has 0 atom stereocenters. The van der Waals surface area contributed by atoms with Crippen molar-refractivity contribution in [1.29, 1.82) is 10.5 Å². The number of carbonyl (C=O) groups excluding carboxylic acids is 1. The van der Waals surface area contributed by atoms with Gasteiger partial charge in [0.1, 0.15) is 17.3 Å². The van der Waals surface area contributed by atoms with Crippen molar-refractivity contribution in [3.8, 4) is 12.1 Å². The number of carbonyl (C=O) groups is 1. The highest BCUT2D eigenvalue weighted by Gasteiger charge is 2.12. The number of amides is 1. The molecule has 21 heavy (non-hydrogen) atoms. The number of halogens is 1. The molecule has 0 fully saturated rings. The van der Waals surface area contributed by atoms with Crippen LogP contribution in [0.4, 0.5) is 11.4 Å². The molecular weight excluding hydrogens is 290 g/mol. The third kappa shape index (κ3) is 3.08. The fraction of sp³-hybridized carbons (Fsp3) is 0. The number of nitrogens with two attached hydrogens (primary N) is 1. The third-order valence-corrected chi connectivity index (χ3v) is 2.87. The number of benzene rings is 1.